The minimum Gasteiger partial charge on any atom is -0.392 e. The van der Waals surface area contributed by atoms with Crippen LogP contribution in [0.3, 0.4) is 0 Å². The summed E-state index contributed by atoms with van der Waals surface area (Å²) in [4.78, 5) is 12.3. The van der Waals surface area contributed by atoms with Gasteiger partial charge in [0.1, 0.15) is 5.41 Å². The van der Waals surface area contributed by atoms with Gasteiger partial charge in [-0.15, -0.1) is 0 Å². The lowest BCUT2D eigenvalue weighted by molar-refractivity contribution is -0.140. The quantitative estimate of drug-likeness (QED) is 0.753. The Labute approximate surface area is 107 Å². The predicted octanol–water partition coefficient (Wildman–Crippen LogP) is 0.582. The van der Waals surface area contributed by atoms with Crippen LogP contribution < -0.4 is 5.32 Å². The number of ether oxygens (including phenoxy) is 1. The number of aliphatic hydroxyl groups is 1. The first kappa shape index (κ1) is 13.3. The maximum atomic E-state index is 12.3. The molecule has 0 radical (unpaired) electrons. The highest BCUT2D eigenvalue weighted by molar-refractivity contribution is 5.86. The highest BCUT2D eigenvalue weighted by atomic mass is 16.5. The van der Waals surface area contributed by atoms with Gasteiger partial charge in [0.2, 0.25) is 5.91 Å². The Bertz CT molecular complexity index is 380. The zero-order valence-corrected chi connectivity index (χ0v) is 10.9. The van der Waals surface area contributed by atoms with Crippen LogP contribution in [0.2, 0.25) is 0 Å². The van der Waals surface area contributed by atoms with Gasteiger partial charge in [0.15, 0.2) is 0 Å². The number of nitrogens with zero attached hydrogens (tertiary/aromatic N) is 1. The summed E-state index contributed by atoms with van der Waals surface area (Å²) in [5.74, 6) is -0.210. The molecule has 0 aromatic carbocycles. The molecule has 0 bridgehead atoms. The number of aliphatic hydroxyl groups excluding tert-OH is 1. The number of carbonyl (C=O) groups is 1. The lowest BCUT2D eigenvalue weighted by atomic mass is 9.64. The molecule has 2 N–H and O–H groups in total. The molecule has 0 aromatic heterocycles. The van der Waals surface area contributed by atoms with Crippen LogP contribution in [0.15, 0.2) is 0 Å². The van der Waals surface area contributed by atoms with Gasteiger partial charge in [-0.25, -0.2) is 0 Å². The van der Waals surface area contributed by atoms with Crippen molar-refractivity contribution in [2.75, 3.05) is 13.2 Å². The van der Waals surface area contributed by atoms with Crippen molar-refractivity contribution in [3.63, 3.8) is 0 Å². The summed E-state index contributed by atoms with van der Waals surface area (Å²) in [7, 11) is 0. The Kier molecular flexibility index (Phi) is 3.35. The van der Waals surface area contributed by atoms with E-state index >= 15 is 0 Å². The molecule has 1 aliphatic carbocycles. The summed E-state index contributed by atoms with van der Waals surface area (Å²) in [6, 6.07) is 2.11. The molecule has 1 aliphatic heterocycles. The Morgan fingerprint density at radius 3 is 2.50 bits per heavy atom. The summed E-state index contributed by atoms with van der Waals surface area (Å²) in [5.41, 5.74) is -1.26. The standard InChI is InChI=1S/C13H20N2O3/c1-12(2)9(7-10(12)16)15-11(17)13(8-14)3-5-18-6-4-13/h9-10,16H,3-7H2,1-2H3,(H,15,17). The minimum absolute atomic E-state index is 0.0481. The van der Waals surface area contributed by atoms with Gasteiger partial charge in [0.25, 0.3) is 0 Å². The number of nitrogens with one attached hydrogen (secondary N) is 1. The van der Waals surface area contributed by atoms with Crippen molar-refractivity contribution in [2.45, 2.75) is 45.3 Å². The van der Waals surface area contributed by atoms with Gasteiger partial charge in [0.05, 0.1) is 12.2 Å². The second-order valence-corrected chi connectivity index (χ2v) is 5.91. The number of hydrogen-bond acceptors (Lipinski definition) is 4. The monoisotopic (exact) mass is 252 g/mol. The second kappa shape index (κ2) is 4.52. The van der Waals surface area contributed by atoms with Gasteiger partial charge in [-0.1, -0.05) is 13.8 Å². The van der Waals surface area contributed by atoms with Gasteiger partial charge in [-0.3, -0.25) is 4.79 Å². The molecule has 5 heteroatoms. The van der Waals surface area contributed by atoms with E-state index in [0.29, 0.717) is 32.5 Å². The zero-order valence-electron chi connectivity index (χ0n) is 10.9. The normalized spacial score (nSPS) is 33.0. The number of rotatable bonds is 2. The average molecular weight is 252 g/mol. The molecule has 0 aromatic rings. The van der Waals surface area contributed by atoms with Crippen molar-refractivity contribution in [3.05, 3.63) is 0 Å². The van der Waals surface area contributed by atoms with E-state index in [0.717, 1.165) is 0 Å². The summed E-state index contributed by atoms with van der Waals surface area (Å²) in [6.45, 7) is 4.76. The number of hydrogen-bond donors (Lipinski definition) is 2. The third-order valence-electron chi connectivity index (χ3n) is 4.52. The Hall–Kier alpha value is -1.12. The van der Waals surface area contributed by atoms with Crippen LogP contribution >= 0.6 is 0 Å². The molecule has 1 saturated heterocycles. The van der Waals surface area contributed by atoms with Crippen molar-refractivity contribution in [3.8, 4) is 6.07 Å². The summed E-state index contributed by atoms with van der Waals surface area (Å²) in [6.07, 6.45) is 1.09. The van der Waals surface area contributed by atoms with Crippen LogP contribution in [-0.4, -0.2) is 36.4 Å². The molecule has 2 atom stereocenters. The van der Waals surface area contributed by atoms with Gasteiger partial charge in [0, 0.05) is 24.7 Å². The summed E-state index contributed by atoms with van der Waals surface area (Å²) in [5, 5.41) is 21.9. The van der Waals surface area contributed by atoms with E-state index in [1.807, 2.05) is 13.8 Å². The number of amides is 1. The summed E-state index contributed by atoms with van der Waals surface area (Å²) < 4.78 is 5.21. The minimum atomic E-state index is -0.950. The Morgan fingerprint density at radius 2 is 2.06 bits per heavy atom. The van der Waals surface area contributed by atoms with Crippen LogP contribution in [0, 0.1) is 22.2 Å². The topological polar surface area (TPSA) is 82.4 Å². The molecule has 1 amide bonds. The fourth-order valence-electron chi connectivity index (χ4n) is 2.55. The van der Waals surface area contributed by atoms with Crippen LogP contribution in [0.25, 0.3) is 0 Å². The molecule has 100 valence electrons. The third kappa shape index (κ3) is 2.00. The van der Waals surface area contributed by atoms with E-state index in [1.165, 1.54) is 0 Å². The molecule has 18 heavy (non-hydrogen) atoms. The van der Waals surface area contributed by atoms with Gasteiger partial charge < -0.3 is 15.2 Å². The van der Waals surface area contributed by atoms with Crippen LogP contribution in [0.4, 0.5) is 0 Å². The van der Waals surface area contributed by atoms with E-state index in [2.05, 4.69) is 11.4 Å². The van der Waals surface area contributed by atoms with E-state index in [1.54, 1.807) is 0 Å². The van der Waals surface area contributed by atoms with Crippen molar-refractivity contribution >= 4 is 5.91 Å². The smallest absolute Gasteiger partial charge is 0.240 e. The highest BCUT2D eigenvalue weighted by Crippen LogP contribution is 2.41. The van der Waals surface area contributed by atoms with Gasteiger partial charge in [-0.2, -0.15) is 5.26 Å². The highest BCUT2D eigenvalue weighted by Gasteiger charge is 2.50. The molecule has 2 aliphatic rings. The SMILES string of the molecule is CC1(C)C(O)CC1NC(=O)C1(C#N)CCOCC1. The molecular formula is C13H20N2O3. The lowest BCUT2D eigenvalue weighted by Crippen LogP contribution is -2.63. The fraction of sp³-hybridized carbons (Fsp3) is 0.846. The van der Waals surface area contributed by atoms with Crippen molar-refractivity contribution in [1.29, 1.82) is 5.26 Å². The molecular weight excluding hydrogens is 232 g/mol. The first-order chi connectivity index (χ1) is 8.42. The fourth-order valence-corrected chi connectivity index (χ4v) is 2.55. The molecule has 5 nitrogen and oxygen atoms in total. The molecule has 0 spiro atoms. The van der Waals surface area contributed by atoms with Crippen molar-refractivity contribution in [1.82, 2.24) is 5.32 Å². The molecule has 2 unspecified atom stereocenters. The van der Waals surface area contributed by atoms with Crippen LogP contribution in [0.1, 0.15) is 33.1 Å². The van der Waals surface area contributed by atoms with Crippen molar-refractivity contribution < 1.29 is 14.6 Å². The predicted molar refractivity (Wildman–Crippen MR) is 64.4 cm³/mol. The Balaban J connectivity index is 2.01. The van der Waals surface area contributed by atoms with E-state index < -0.39 is 5.41 Å². The van der Waals surface area contributed by atoms with Crippen molar-refractivity contribution in [2.24, 2.45) is 10.8 Å². The average Bonchev–Trinajstić information content (AvgIpc) is 2.39. The molecule has 1 saturated carbocycles. The maximum absolute atomic E-state index is 12.3. The van der Waals surface area contributed by atoms with Gasteiger partial charge in [-0.05, 0) is 19.3 Å². The van der Waals surface area contributed by atoms with E-state index in [-0.39, 0.29) is 23.5 Å². The first-order valence-electron chi connectivity index (χ1n) is 6.40. The van der Waals surface area contributed by atoms with Crippen LogP contribution in [-0.2, 0) is 9.53 Å². The van der Waals surface area contributed by atoms with E-state index in [9.17, 15) is 15.2 Å². The summed E-state index contributed by atoms with van der Waals surface area (Å²) >= 11 is 0. The molecule has 2 fully saturated rings. The molecule has 2 rings (SSSR count). The second-order valence-electron chi connectivity index (χ2n) is 5.91. The van der Waals surface area contributed by atoms with Crippen LogP contribution in [0.5, 0.6) is 0 Å². The molecule has 1 heterocycles. The van der Waals surface area contributed by atoms with Gasteiger partial charge >= 0.3 is 0 Å². The van der Waals surface area contributed by atoms with E-state index in [4.69, 9.17) is 4.74 Å². The third-order valence-corrected chi connectivity index (χ3v) is 4.52. The number of carbonyl (C=O) groups excluding carboxylic acids is 1. The number of nitriles is 1. The Morgan fingerprint density at radius 1 is 1.44 bits per heavy atom. The zero-order chi connectivity index (χ0) is 13.4. The maximum Gasteiger partial charge on any atom is 0.240 e. The lowest BCUT2D eigenvalue weighted by Gasteiger charge is -2.50. The largest absolute Gasteiger partial charge is 0.392 e. The first-order valence-corrected chi connectivity index (χ1v) is 6.40.